The van der Waals surface area contributed by atoms with E-state index in [1.807, 2.05) is 18.2 Å². The molecule has 5 nitrogen and oxygen atoms in total. The average Bonchev–Trinajstić information content (AvgIpc) is 2.86. The van der Waals surface area contributed by atoms with E-state index in [4.69, 9.17) is 21.9 Å². The molecule has 2 heterocycles. The number of rotatable bonds is 3. The van der Waals surface area contributed by atoms with Crippen molar-refractivity contribution in [1.82, 2.24) is 15.4 Å². The average molecular weight is 275 g/mol. The maximum Gasteiger partial charge on any atom is 0.152 e. The molecule has 0 bridgehead atoms. The Labute approximate surface area is 114 Å². The van der Waals surface area contributed by atoms with Crippen molar-refractivity contribution in [3.8, 4) is 0 Å². The van der Waals surface area contributed by atoms with Crippen LogP contribution in [0.3, 0.4) is 0 Å². The predicted molar refractivity (Wildman–Crippen MR) is 72.4 cm³/mol. The van der Waals surface area contributed by atoms with Gasteiger partial charge in [0.1, 0.15) is 18.1 Å². The Kier molecular flexibility index (Phi) is 3.16. The van der Waals surface area contributed by atoms with Gasteiger partial charge in [-0.25, -0.2) is 15.4 Å². The first-order valence-corrected chi connectivity index (χ1v) is 6.06. The van der Waals surface area contributed by atoms with Crippen LogP contribution < -0.4 is 11.3 Å². The molecule has 1 unspecified atom stereocenters. The molecule has 0 saturated heterocycles. The second-order valence-corrected chi connectivity index (χ2v) is 4.49. The minimum absolute atomic E-state index is 0.315. The van der Waals surface area contributed by atoms with E-state index in [0.717, 1.165) is 10.9 Å². The normalized spacial score (nSPS) is 12.7. The number of hydrogen-bond donors (Lipinski definition) is 2. The third-order valence-electron chi connectivity index (χ3n) is 2.88. The summed E-state index contributed by atoms with van der Waals surface area (Å²) in [6.45, 7) is 0. The van der Waals surface area contributed by atoms with Crippen LogP contribution in [-0.2, 0) is 0 Å². The van der Waals surface area contributed by atoms with Crippen LogP contribution in [0.4, 0.5) is 0 Å². The first-order chi connectivity index (χ1) is 9.29. The molecule has 19 heavy (non-hydrogen) atoms. The van der Waals surface area contributed by atoms with E-state index in [2.05, 4.69) is 15.4 Å². The molecule has 0 amide bonds. The molecule has 96 valence electrons. The van der Waals surface area contributed by atoms with E-state index in [1.165, 1.54) is 6.33 Å². The van der Waals surface area contributed by atoms with Gasteiger partial charge in [0.15, 0.2) is 5.58 Å². The molecule has 6 heteroatoms. The molecule has 3 aromatic rings. The standard InChI is InChI=1S/C13H11ClN4O/c14-10-3-1-2-8-4-11(19-13(8)10)12(18-15)9-5-16-7-17-6-9/h1-7,12,18H,15H2. The van der Waals surface area contributed by atoms with Gasteiger partial charge in [-0.15, -0.1) is 0 Å². The van der Waals surface area contributed by atoms with Crippen LogP contribution >= 0.6 is 11.6 Å². The molecule has 0 spiro atoms. The summed E-state index contributed by atoms with van der Waals surface area (Å²) in [6.07, 6.45) is 4.84. The second kappa shape index (κ2) is 4.97. The highest BCUT2D eigenvalue weighted by atomic mass is 35.5. The van der Waals surface area contributed by atoms with Gasteiger partial charge in [-0.2, -0.15) is 0 Å². The zero-order valence-corrected chi connectivity index (χ0v) is 10.6. The number of fused-ring (bicyclic) bond motifs is 1. The lowest BCUT2D eigenvalue weighted by molar-refractivity contribution is 0.476. The highest BCUT2D eigenvalue weighted by molar-refractivity contribution is 6.34. The fraction of sp³-hybridized carbons (Fsp3) is 0.0769. The maximum absolute atomic E-state index is 6.09. The van der Waals surface area contributed by atoms with Crippen LogP contribution in [-0.4, -0.2) is 9.97 Å². The van der Waals surface area contributed by atoms with E-state index in [0.29, 0.717) is 16.4 Å². The number of nitrogens with one attached hydrogen (secondary N) is 1. The quantitative estimate of drug-likeness (QED) is 0.567. The van der Waals surface area contributed by atoms with Crippen molar-refractivity contribution < 1.29 is 4.42 Å². The van der Waals surface area contributed by atoms with Crippen LogP contribution in [0, 0.1) is 0 Å². The third kappa shape index (κ3) is 2.19. The van der Waals surface area contributed by atoms with E-state index in [1.54, 1.807) is 18.5 Å². The lowest BCUT2D eigenvalue weighted by Gasteiger charge is -2.12. The second-order valence-electron chi connectivity index (χ2n) is 4.08. The molecule has 1 aromatic carbocycles. The minimum Gasteiger partial charge on any atom is -0.457 e. The van der Waals surface area contributed by atoms with Gasteiger partial charge < -0.3 is 4.42 Å². The Balaban J connectivity index is 2.09. The van der Waals surface area contributed by atoms with E-state index in [9.17, 15) is 0 Å². The summed E-state index contributed by atoms with van der Waals surface area (Å²) in [4.78, 5) is 7.95. The summed E-state index contributed by atoms with van der Waals surface area (Å²) < 4.78 is 5.78. The molecular formula is C13H11ClN4O. The van der Waals surface area contributed by atoms with E-state index in [-0.39, 0.29) is 6.04 Å². The Bertz CT molecular complexity index is 698. The number of furan rings is 1. The molecular weight excluding hydrogens is 264 g/mol. The van der Waals surface area contributed by atoms with Gasteiger partial charge in [-0.05, 0) is 12.1 Å². The molecule has 2 aromatic heterocycles. The Morgan fingerprint density at radius 3 is 2.74 bits per heavy atom. The Morgan fingerprint density at radius 2 is 2.05 bits per heavy atom. The number of hydrogen-bond acceptors (Lipinski definition) is 5. The summed E-state index contributed by atoms with van der Waals surface area (Å²) >= 11 is 6.09. The number of nitrogens with zero attached hydrogens (tertiary/aromatic N) is 2. The largest absolute Gasteiger partial charge is 0.457 e. The zero-order valence-electron chi connectivity index (χ0n) is 9.88. The summed E-state index contributed by atoms with van der Waals surface area (Å²) in [5.74, 6) is 6.27. The highest BCUT2D eigenvalue weighted by Crippen LogP contribution is 2.31. The Hall–Kier alpha value is -1.95. The van der Waals surface area contributed by atoms with Crippen molar-refractivity contribution in [2.45, 2.75) is 6.04 Å². The van der Waals surface area contributed by atoms with Gasteiger partial charge in [0, 0.05) is 23.3 Å². The maximum atomic E-state index is 6.09. The molecule has 0 aliphatic carbocycles. The molecule has 1 atom stereocenters. The zero-order chi connectivity index (χ0) is 13.2. The van der Waals surface area contributed by atoms with Gasteiger partial charge in [-0.1, -0.05) is 23.7 Å². The van der Waals surface area contributed by atoms with Gasteiger partial charge in [-0.3, -0.25) is 5.84 Å². The minimum atomic E-state index is -0.315. The van der Waals surface area contributed by atoms with Crippen molar-refractivity contribution >= 4 is 22.6 Å². The van der Waals surface area contributed by atoms with Crippen molar-refractivity contribution in [3.63, 3.8) is 0 Å². The van der Waals surface area contributed by atoms with Crippen LogP contribution in [0.15, 0.2) is 47.4 Å². The number of para-hydroxylation sites is 1. The highest BCUT2D eigenvalue weighted by Gasteiger charge is 2.18. The van der Waals surface area contributed by atoms with Crippen LogP contribution in [0.1, 0.15) is 17.4 Å². The first-order valence-electron chi connectivity index (χ1n) is 5.68. The summed E-state index contributed by atoms with van der Waals surface area (Å²) in [7, 11) is 0. The number of hydrazine groups is 1. The number of nitrogens with two attached hydrogens (primary N) is 1. The fourth-order valence-electron chi connectivity index (χ4n) is 1.99. The topological polar surface area (TPSA) is 77.0 Å². The molecule has 0 aliphatic rings. The van der Waals surface area contributed by atoms with Gasteiger partial charge in [0.2, 0.25) is 0 Å². The Morgan fingerprint density at radius 1 is 1.26 bits per heavy atom. The van der Waals surface area contributed by atoms with E-state index >= 15 is 0 Å². The van der Waals surface area contributed by atoms with Crippen molar-refractivity contribution in [1.29, 1.82) is 0 Å². The van der Waals surface area contributed by atoms with Gasteiger partial charge >= 0.3 is 0 Å². The van der Waals surface area contributed by atoms with Crippen molar-refractivity contribution in [2.75, 3.05) is 0 Å². The van der Waals surface area contributed by atoms with Crippen LogP contribution in [0.2, 0.25) is 5.02 Å². The molecule has 0 radical (unpaired) electrons. The molecule has 0 saturated carbocycles. The molecule has 3 rings (SSSR count). The van der Waals surface area contributed by atoms with Gasteiger partial charge in [0.05, 0.1) is 5.02 Å². The van der Waals surface area contributed by atoms with Crippen LogP contribution in [0.25, 0.3) is 11.0 Å². The van der Waals surface area contributed by atoms with Crippen molar-refractivity contribution in [3.05, 3.63) is 59.3 Å². The lowest BCUT2D eigenvalue weighted by Crippen LogP contribution is -2.28. The van der Waals surface area contributed by atoms with Crippen LogP contribution in [0.5, 0.6) is 0 Å². The summed E-state index contributed by atoms with van der Waals surface area (Å²) in [5.41, 5.74) is 4.17. The summed E-state index contributed by atoms with van der Waals surface area (Å²) in [5, 5.41) is 1.50. The molecule has 3 N–H and O–H groups in total. The number of benzene rings is 1. The van der Waals surface area contributed by atoms with Crippen molar-refractivity contribution in [2.24, 2.45) is 5.84 Å². The monoisotopic (exact) mass is 274 g/mol. The summed E-state index contributed by atoms with van der Waals surface area (Å²) in [6, 6.07) is 7.18. The van der Waals surface area contributed by atoms with E-state index < -0.39 is 0 Å². The fourth-order valence-corrected chi connectivity index (χ4v) is 2.21. The lowest BCUT2D eigenvalue weighted by atomic mass is 10.1. The third-order valence-corrected chi connectivity index (χ3v) is 3.18. The number of halogens is 1. The molecule has 0 fully saturated rings. The SMILES string of the molecule is NNC(c1cncnc1)c1cc2cccc(Cl)c2o1. The molecule has 0 aliphatic heterocycles. The van der Waals surface area contributed by atoms with Gasteiger partial charge in [0.25, 0.3) is 0 Å². The first kappa shape index (κ1) is 12.1. The predicted octanol–water partition coefficient (Wildman–Crippen LogP) is 2.43. The number of aromatic nitrogens is 2. The smallest absolute Gasteiger partial charge is 0.152 e.